The standard InChI is InChI=1S/C21H26O5S/c1-2-3-4-7-12-21(19(22)23,20(24)25)27-14-10-11-16-15-8-5-6-9-17(15)26-18(16)13-14/h10-11,13H,2-9,12H2,1H3,(H,22,23)(H,24,25). The molecule has 3 rings (SSSR count). The summed E-state index contributed by atoms with van der Waals surface area (Å²) < 4.78 is 4.10. The van der Waals surface area contributed by atoms with E-state index >= 15 is 0 Å². The number of hydrogen-bond acceptors (Lipinski definition) is 4. The van der Waals surface area contributed by atoms with E-state index in [4.69, 9.17) is 4.42 Å². The van der Waals surface area contributed by atoms with Crippen LogP contribution in [0.2, 0.25) is 0 Å². The predicted octanol–water partition coefficient (Wildman–Crippen LogP) is 5.28. The number of fused-ring (bicyclic) bond motifs is 3. The highest BCUT2D eigenvalue weighted by atomic mass is 32.2. The Hall–Kier alpha value is -1.95. The van der Waals surface area contributed by atoms with Crippen molar-refractivity contribution in [2.45, 2.75) is 74.4 Å². The number of aliphatic carboxylic acids is 2. The lowest BCUT2D eigenvalue weighted by Gasteiger charge is -2.24. The first-order valence-corrected chi connectivity index (χ1v) is 10.5. The normalized spacial score (nSPS) is 14.3. The first kappa shape index (κ1) is 19.8. The van der Waals surface area contributed by atoms with Gasteiger partial charge in [0.25, 0.3) is 0 Å². The second kappa shape index (κ2) is 8.38. The van der Waals surface area contributed by atoms with E-state index in [1.165, 1.54) is 5.56 Å². The van der Waals surface area contributed by atoms with E-state index in [9.17, 15) is 19.8 Å². The van der Waals surface area contributed by atoms with Crippen LogP contribution in [0.4, 0.5) is 0 Å². The van der Waals surface area contributed by atoms with Crippen molar-refractivity contribution >= 4 is 34.7 Å². The minimum Gasteiger partial charge on any atom is -0.480 e. The Balaban J connectivity index is 1.88. The topological polar surface area (TPSA) is 87.7 Å². The molecule has 0 saturated carbocycles. The fraction of sp³-hybridized carbons (Fsp3) is 0.524. The van der Waals surface area contributed by atoms with Crippen LogP contribution in [0.15, 0.2) is 27.5 Å². The number of unbranched alkanes of at least 4 members (excludes halogenated alkanes) is 3. The number of carbonyl (C=O) groups is 2. The Kier molecular flexibility index (Phi) is 6.15. The molecule has 0 unspecified atom stereocenters. The van der Waals surface area contributed by atoms with E-state index in [1.807, 2.05) is 12.1 Å². The van der Waals surface area contributed by atoms with Gasteiger partial charge in [-0.2, -0.15) is 0 Å². The average Bonchev–Trinajstić information content (AvgIpc) is 3.01. The van der Waals surface area contributed by atoms with Crippen LogP contribution in [-0.4, -0.2) is 26.9 Å². The summed E-state index contributed by atoms with van der Waals surface area (Å²) in [4.78, 5) is 24.5. The second-order valence-corrected chi connectivity index (χ2v) is 8.59. The van der Waals surface area contributed by atoms with Gasteiger partial charge in [-0.05, 0) is 43.9 Å². The molecule has 5 nitrogen and oxygen atoms in total. The number of benzene rings is 1. The molecule has 0 radical (unpaired) electrons. The Morgan fingerprint density at radius 3 is 2.56 bits per heavy atom. The molecule has 0 amide bonds. The van der Waals surface area contributed by atoms with Crippen LogP contribution in [0.1, 0.15) is 63.2 Å². The summed E-state index contributed by atoms with van der Waals surface area (Å²) in [6.45, 7) is 2.06. The third kappa shape index (κ3) is 4.00. The van der Waals surface area contributed by atoms with Gasteiger partial charge in [-0.3, -0.25) is 9.59 Å². The molecular weight excluding hydrogens is 364 g/mol. The maximum atomic E-state index is 11.9. The van der Waals surface area contributed by atoms with Gasteiger partial charge in [-0.1, -0.05) is 44.4 Å². The van der Waals surface area contributed by atoms with Crippen LogP contribution in [-0.2, 0) is 22.4 Å². The van der Waals surface area contributed by atoms with E-state index in [1.54, 1.807) is 6.07 Å². The van der Waals surface area contributed by atoms with E-state index in [-0.39, 0.29) is 6.42 Å². The van der Waals surface area contributed by atoms with Crippen molar-refractivity contribution in [3.05, 3.63) is 29.5 Å². The number of carboxylic acid groups (broad SMARTS) is 2. The van der Waals surface area contributed by atoms with E-state index < -0.39 is 16.7 Å². The molecule has 27 heavy (non-hydrogen) atoms. The first-order chi connectivity index (χ1) is 13.0. The van der Waals surface area contributed by atoms with Crippen LogP contribution in [0.25, 0.3) is 11.0 Å². The van der Waals surface area contributed by atoms with Crippen molar-refractivity contribution in [3.63, 3.8) is 0 Å². The summed E-state index contributed by atoms with van der Waals surface area (Å²) in [5.74, 6) is -1.58. The Morgan fingerprint density at radius 2 is 1.85 bits per heavy atom. The minimum absolute atomic E-state index is 0.106. The third-order valence-corrected chi connectivity index (χ3v) is 6.69. The van der Waals surface area contributed by atoms with Crippen molar-refractivity contribution < 1.29 is 24.2 Å². The minimum atomic E-state index is -1.87. The summed E-state index contributed by atoms with van der Waals surface area (Å²) in [6, 6.07) is 5.56. The number of carboxylic acids is 2. The highest BCUT2D eigenvalue weighted by Gasteiger charge is 2.47. The zero-order valence-electron chi connectivity index (χ0n) is 15.6. The maximum Gasteiger partial charge on any atom is 0.331 e. The third-order valence-electron chi connectivity index (χ3n) is 5.29. The van der Waals surface area contributed by atoms with Crippen LogP contribution in [0.5, 0.6) is 0 Å². The molecule has 146 valence electrons. The van der Waals surface area contributed by atoms with Crippen LogP contribution in [0.3, 0.4) is 0 Å². The highest BCUT2D eigenvalue weighted by Crippen LogP contribution is 2.41. The van der Waals surface area contributed by atoms with Gasteiger partial charge in [0, 0.05) is 22.3 Å². The Labute approximate surface area is 163 Å². The van der Waals surface area contributed by atoms with Gasteiger partial charge >= 0.3 is 11.9 Å². The fourth-order valence-corrected chi connectivity index (χ4v) is 4.88. The highest BCUT2D eigenvalue weighted by molar-refractivity contribution is 8.02. The van der Waals surface area contributed by atoms with Gasteiger partial charge in [-0.25, -0.2) is 0 Å². The average molecular weight is 391 g/mol. The monoisotopic (exact) mass is 390 g/mol. The Morgan fingerprint density at radius 1 is 1.11 bits per heavy atom. The van der Waals surface area contributed by atoms with Crippen molar-refractivity contribution in [3.8, 4) is 0 Å². The molecule has 0 bridgehead atoms. The smallest absolute Gasteiger partial charge is 0.331 e. The summed E-state index contributed by atoms with van der Waals surface area (Å²) >= 11 is 0.912. The molecule has 1 aliphatic rings. The molecule has 0 saturated heterocycles. The molecule has 0 spiro atoms. The molecule has 0 atom stereocenters. The van der Waals surface area contributed by atoms with Crippen molar-refractivity contribution in [2.24, 2.45) is 0 Å². The second-order valence-electron chi connectivity index (χ2n) is 7.22. The van der Waals surface area contributed by atoms with Gasteiger partial charge in [0.05, 0.1) is 0 Å². The summed E-state index contributed by atoms with van der Waals surface area (Å²) in [6.07, 6.45) is 7.71. The molecule has 1 heterocycles. The van der Waals surface area contributed by atoms with Crippen molar-refractivity contribution in [2.75, 3.05) is 0 Å². The molecule has 2 N–H and O–H groups in total. The van der Waals surface area contributed by atoms with E-state index in [2.05, 4.69) is 6.92 Å². The van der Waals surface area contributed by atoms with Crippen LogP contribution < -0.4 is 0 Å². The molecule has 0 fully saturated rings. The summed E-state index contributed by atoms with van der Waals surface area (Å²) in [5, 5.41) is 20.5. The van der Waals surface area contributed by atoms with Gasteiger partial charge in [-0.15, -0.1) is 0 Å². The number of furan rings is 1. The zero-order chi connectivity index (χ0) is 19.4. The molecule has 1 aromatic heterocycles. The lowest BCUT2D eigenvalue weighted by molar-refractivity contribution is -0.152. The molecular formula is C21H26O5S. The van der Waals surface area contributed by atoms with Crippen LogP contribution in [0, 0.1) is 0 Å². The van der Waals surface area contributed by atoms with Gasteiger partial charge in [0.1, 0.15) is 11.3 Å². The quantitative estimate of drug-likeness (QED) is 0.344. The lowest BCUT2D eigenvalue weighted by atomic mass is 9.96. The predicted molar refractivity (Wildman–Crippen MR) is 105 cm³/mol. The molecule has 2 aromatic rings. The summed E-state index contributed by atoms with van der Waals surface area (Å²) in [5.41, 5.74) is 1.97. The van der Waals surface area contributed by atoms with Crippen molar-refractivity contribution in [1.82, 2.24) is 0 Å². The number of aryl methyl sites for hydroxylation is 2. The van der Waals surface area contributed by atoms with Crippen molar-refractivity contribution in [1.29, 1.82) is 0 Å². The van der Waals surface area contributed by atoms with Gasteiger partial charge in [0.15, 0.2) is 0 Å². The largest absolute Gasteiger partial charge is 0.480 e. The van der Waals surface area contributed by atoms with Gasteiger partial charge < -0.3 is 14.6 Å². The fourth-order valence-electron chi connectivity index (χ4n) is 3.75. The van der Waals surface area contributed by atoms with Crippen LogP contribution >= 0.6 is 11.8 Å². The molecule has 1 aliphatic carbocycles. The maximum absolute atomic E-state index is 11.9. The SMILES string of the molecule is CCCCCCC(Sc1ccc2c3c(oc2c1)CCCC3)(C(=O)O)C(=O)O. The zero-order valence-corrected chi connectivity index (χ0v) is 16.4. The summed E-state index contributed by atoms with van der Waals surface area (Å²) in [7, 11) is 0. The number of hydrogen-bond donors (Lipinski definition) is 2. The molecule has 1 aromatic carbocycles. The number of thioether (sulfide) groups is 1. The van der Waals surface area contributed by atoms with Gasteiger partial charge in [0.2, 0.25) is 4.75 Å². The Bertz CT molecular complexity index is 824. The molecule has 6 heteroatoms. The van der Waals surface area contributed by atoms with E-state index in [0.717, 1.165) is 73.4 Å². The van der Waals surface area contributed by atoms with E-state index in [0.29, 0.717) is 11.3 Å². The first-order valence-electron chi connectivity index (χ1n) is 9.68. The lowest BCUT2D eigenvalue weighted by Crippen LogP contribution is -2.43. The molecule has 0 aliphatic heterocycles. The number of rotatable bonds is 9.